The lowest BCUT2D eigenvalue weighted by Gasteiger charge is -2.04. The highest BCUT2D eigenvalue weighted by Gasteiger charge is 2.59. The zero-order valence-electron chi connectivity index (χ0n) is 11.3. The van der Waals surface area contributed by atoms with Crippen molar-refractivity contribution in [1.29, 1.82) is 0 Å². The van der Waals surface area contributed by atoms with Gasteiger partial charge in [0.15, 0.2) is 9.84 Å². The first-order chi connectivity index (χ1) is 10.4. The first-order valence-corrected chi connectivity index (χ1v) is 8.58. The summed E-state index contributed by atoms with van der Waals surface area (Å²) >= 11 is 5.76. The Labute approximate surface area is 132 Å². The van der Waals surface area contributed by atoms with Crippen molar-refractivity contribution < 1.29 is 17.6 Å². The molecule has 0 amide bonds. The van der Waals surface area contributed by atoms with Gasteiger partial charge in [-0.1, -0.05) is 23.7 Å². The van der Waals surface area contributed by atoms with Crippen LogP contribution in [0.15, 0.2) is 53.4 Å². The van der Waals surface area contributed by atoms with Crippen LogP contribution in [0.5, 0.6) is 0 Å². The van der Waals surface area contributed by atoms with Gasteiger partial charge in [-0.25, -0.2) is 12.8 Å². The van der Waals surface area contributed by atoms with Crippen LogP contribution < -0.4 is 0 Å². The Balaban J connectivity index is 1.97. The molecule has 2 aromatic rings. The Morgan fingerprint density at radius 3 is 2.36 bits per heavy atom. The maximum atomic E-state index is 13.3. The minimum atomic E-state index is -3.67. The summed E-state index contributed by atoms with van der Waals surface area (Å²) in [4.78, 5) is 11.3. The Hall–Kier alpha value is -1.72. The van der Waals surface area contributed by atoms with E-state index in [1.807, 2.05) is 0 Å². The van der Waals surface area contributed by atoms with E-state index >= 15 is 0 Å². The van der Waals surface area contributed by atoms with Gasteiger partial charge >= 0.3 is 0 Å². The molecule has 3 atom stereocenters. The summed E-state index contributed by atoms with van der Waals surface area (Å²) in [6.07, 6.45) is 0.633. The molecule has 3 nitrogen and oxygen atoms in total. The summed E-state index contributed by atoms with van der Waals surface area (Å²) in [6, 6.07) is 11.5. The van der Waals surface area contributed by atoms with Gasteiger partial charge in [0.05, 0.1) is 10.1 Å². The van der Waals surface area contributed by atoms with Crippen molar-refractivity contribution in [3.8, 4) is 0 Å². The van der Waals surface area contributed by atoms with Crippen LogP contribution in [0, 0.1) is 11.7 Å². The molecule has 0 heterocycles. The van der Waals surface area contributed by atoms with Crippen LogP contribution >= 0.6 is 11.6 Å². The van der Waals surface area contributed by atoms with E-state index < -0.39 is 32.7 Å². The molecule has 0 radical (unpaired) electrons. The summed E-state index contributed by atoms with van der Waals surface area (Å²) in [5, 5.41) is -0.420. The maximum Gasteiger partial charge on any atom is 0.182 e. The van der Waals surface area contributed by atoms with Crippen LogP contribution in [0.1, 0.15) is 11.5 Å². The Bertz CT molecular complexity index is 818. The Morgan fingerprint density at radius 2 is 1.77 bits per heavy atom. The molecular formula is C16H12ClFO3S. The minimum Gasteiger partial charge on any atom is -0.303 e. The highest BCUT2D eigenvalue weighted by molar-refractivity contribution is 7.92. The summed E-state index contributed by atoms with van der Waals surface area (Å²) < 4.78 is 38.6. The molecule has 3 rings (SSSR count). The molecule has 0 aliphatic heterocycles. The third kappa shape index (κ3) is 2.55. The third-order valence-corrected chi connectivity index (χ3v) is 6.40. The molecule has 0 spiro atoms. The molecular weight excluding hydrogens is 327 g/mol. The quantitative estimate of drug-likeness (QED) is 0.804. The lowest BCUT2D eigenvalue weighted by atomic mass is 10.1. The lowest BCUT2D eigenvalue weighted by Crippen LogP contribution is -2.11. The first kappa shape index (κ1) is 15.2. The lowest BCUT2D eigenvalue weighted by molar-refractivity contribution is -0.108. The monoisotopic (exact) mass is 338 g/mol. The number of halogens is 2. The van der Waals surface area contributed by atoms with Gasteiger partial charge in [-0.05, 0) is 42.0 Å². The van der Waals surface area contributed by atoms with E-state index in [-0.39, 0.29) is 4.90 Å². The molecule has 3 unspecified atom stereocenters. The van der Waals surface area contributed by atoms with E-state index in [1.54, 1.807) is 6.07 Å². The number of rotatable bonds is 4. The van der Waals surface area contributed by atoms with E-state index in [2.05, 4.69) is 0 Å². The molecule has 2 aromatic carbocycles. The fraction of sp³-hybridized carbons (Fsp3) is 0.188. The van der Waals surface area contributed by atoms with Crippen LogP contribution in [0.25, 0.3) is 0 Å². The van der Waals surface area contributed by atoms with E-state index in [1.165, 1.54) is 42.5 Å². The molecule has 0 saturated heterocycles. The van der Waals surface area contributed by atoms with Gasteiger partial charge in [-0.15, -0.1) is 0 Å². The zero-order valence-corrected chi connectivity index (χ0v) is 12.9. The van der Waals surface area contributed by atoms with Crippen molar-refractivity contribution in [3.63, 3.8) is 0 Å². The van der Waals surface area contributed by atoms with E-state index in [4.69, 9.17) is 11.6 Å². The highest BCUT2D eigenvalue weighted by Crippen LogP contribution is 2.52. The van der Waals surface area contributed by atoms with Crippen molar-refractivity contribution in [3.05, 3.63) is 64.9 Å². The molecule has 114 valence electrons. The van der Waals surface area contributed by atoms with Crippen LogP contribution in [0.4, 0.5) is 4.39 Å². The second-order valence-electron chi connectivity index (χ2n) is 5.26. The number of hydrogen-bond acceptors (Lipinski definition) is 3. The molecule has 1 aliphatic carbocycles. The predicted octanol–water partition coefficient (Wildman–Crippen LogP) is 3.23. The minimum absolute atomic E-state index is 0.118. The van der Waals surface area contributed by atoms with E-state index in [9.17, 15) is 17.6 Å². The molecule has 6 heteroatoms. The van der Waals surface area contributed by atoms with Crippen LogP contribution in [0.3, 0.4) is 0 Å². The van der Waals surface area contributed by atoms with Crippen LogP contribution in [-0.2, 0) is 14.6 Å². The van der Waals surface area contributed by atoms with Gasteiger partial charge in [0.1, 0.15) is 12.1 Å². The molecule has 0 aromatic heterocycles. The zero-order chi connectivity index (χ0) is 15.9. The standard InChI is InChI=1S/C16H12ClFO3S/c17-11-4-6-13(7-5-11)22(20,21)16-14(9-19)15(16)10-2-1-3-12(18)8-10/h1-9,14-16H. The average Bonchev–Trinajstić information content (AvgIpc) is 3.23. The van der Waals surface area contributed by atoms with Gasteiger partial charge in [0.2, 0.25) is 0 Å². The number of benzene rings is 2. The normalized spacial score (nSPS) is 24.0. The second kappa shape index (κ2) is 5.48. The fourth-order valence-electron chi connectivity index (χ4n) is 2.77. The molecule has 1 fully saturated rings. The topological polar surface area (TPSA) is 51.2 Å². The van der Waals surface area contributed by atoms with E-state index in [0.29, 0.717) is 16.9 Å². The van der Waals surface area contributed by atoms with Crippen molar-refractivity contribution in [2.24, 2.45) is 5.92 Å². The molecule has 1 saturated carbocycles. The Kier molecular flexibility index (Phi) is 3.78. The number of carbonyl (C=O) groups is 1. The number of carbonyl (C=O) groups excluding carboxylic acids is 1. The predicted molar refractivity (Wildman–Crippen MR) is 81.1 cm³/mol. The molecule has 1 aliphatic rings. The highest BCUT2D eigenvalue weighted by atomic mass is 35.5. The maximum absolute atomic E-state index is 13.3. The largest absolute Gasteiger partial charge is 0.303 e. The summed E-state index contributed by atoms with van der Waals surface area (Å²) in [5.74, 6) is -1.60. The molecule has 0 N–H and O–H groups in total. The molecule has 0 bridgehead atoms. The summed E-state index contributed by atoms with van der Waals surface area (Å²) in [6.45, 7) is 0. The van der Waals surface area contributed by atoms with Gasteiger partial charge in [0.25, 0.3) is 0 Å². The number of sulfone groups is 1. The Morgan fingerprint density at radius 1 is 1.09 bits per heavy atom. The van der Waals surface area contributed by atoms with Gasteiger partial charge in [-0.2, -0.15) is 0 Å². The van der Waals surface area contributed by atoms with Crippen molar-refractivity contribution in [2.75, 3.05) is 0 Å². The van der Waals surface area contributed by atoms with E-state index in [0.717, 1.165) is 0 Å². The second-order valence-corrected chi connectivity index (χ2v) is 7.80. The third-order valence-electron chi connectivity index (χ3n) is 3.90. The fourth-order valence-corrected chi connectivity index (χ4v) is 5.01. The van der Waals surface area contributed by atoms with Gasteiger partial charge in [0, 0.05) is 16.9 Å². The van der Waals surface area contributed by atoms with Crippen molar-refractivity contribution in [1.82, 2.24) is 0 Å². The summed E-state index contributed by atoms with van der Waals surface area (Å²) in [7, 11) is -3.67. The van der Waals surface area contributed by atoms with Crippen LogP contribution in [0.2, 0.25) is 5.02 Å². The number of aldehydes is 1. The smallest absolute Gasteiger partial charge is 0.182 e. The van der Waals surface area contributed by atoms with Crippen LogP contribution in [-0.4, -0.2) is 20.0 Å². The number of hydrogen-bond donors (Lipinski definition) is 0. The SMILES string of the molecule is O=CC1C(c2cccc(F)c2)C1S(=O)(=O)c1ccc(Cl)cc1. The average molecular weight is 339 g/mol. The summed E-state index contributed by atoms with van der Waals surface area (Å²) in [5.41, 5.74) is 0.527. The molecule has 22 heavy (non-hydrogen) atoms. The first-order valence-electron chi connectivity index (χ1n) is 6.65. The van der Waals surface area contributed by atoms with Gasteiger partial charge in [-0.3, -0.25) is 0 Å². The van der Waals surface area contributed by atoms with Crippen molar-refractivity contribution in [2.45, 2.75) is 16.1 Å². The van der Waals surface area contributed by atoms with Gasteiger partial charge < -0.3 is 4.79 Å². The van der Waals surface area contributed by atoms with Crippen molar-refractivity contribution >= 4 is 27.7 Å².